The Kier molecular flexibility index (Phi) is 4.96. The van der Waals surface area contributed by atoms with Crippen LogP contribution < -0.4 is 10.6 Å². The third kappa shape index (κ3) is 3.50. The number of thioether (sulfide) groups is 1. The van der Waals surface area contributed by atoms with Crippen molar-refractivity contribution in [2.45, 2.75) is 49.1 Å². The summed E-state index contributed by atoms with van der Waals surface area (Å²) in [5.41, 5.74) is 4.45. The van der Waals surface area contributed by atoms with Gasteiger partial charge >= 0.3 is 12.0 Å². The van der Waals surface area contributed by atoms with Crippen molar-refractivity contribution in [3.05, 3.63) is 59.7 Å². The van der Waals surface area contributed by atoms with Gasteiger partial charge in [0.25, 0.3) is 0 Å². The Balaban J connectivity index is 1.14. The van der Waals surface area contributed by atoms with Gasteiger partial charge in [0.15, 0.2) is 6.10 Å². The maximum atomic E-state index is 12.5. The van der Waals surface area contributed by atoms with Gasteiger partial charge in [-0.05, 0) is 24.0 Å². The zero-order valence-corrected chi connectivity index (χ0v) is 16.9. The fourth-order valence-electron chi connectivity index (χ4n) is 4.68. The number of urea groups is 1. The van der Waals surface area contributed by atoms with E-state index in [2.05, 4.69) is 22.8 Å². The maximum Gasteiger partial charge on any atom is 0.315 e. The van der Waals surface area contributed by atoms with E-state index in [1.54, 1.807) is 0 Å². The van der Waals surface area contributed by atoms with Crippen molar-refractivity contribution < 1.29 is 14.3 Å². The predicted molar refractivity (Wildman–Crippen MR) is 114 cm³/mol. The third-order valence-corrected chi connectivity index (χ3v) is 7.59. The third-order valence-electron chi connectivity index (χ3n) is 6.08. The summed E-state index contributed by atoms with van der Waals surface area (Å²) in [4.78, 5) is 24.0. The summed E-state index contributed by atoms with van der Waals surface area (Å²) in [7, 11) is 0. The van der Waals surface area contributed by atoms with Crippen LogP contribution >= 0.6 is 11.8 Å². The normalized spacial score (nSPS) is 24.4. The Morgan fingerprint density at radius 1 is 1.00 bits per heavy atom. The molecule has 0 bridgehead atoms. The molecule has 29 heavy (non-hydrogen) atoms. The minimum atomic E-state index is -0.305. The molecule has 6 heteroatoms. The Hall–Kier alpha value is -2.47. The van der Waals surface area contributed by atoms with Crippen LogP contribution in [0.1, 0.15) is 42.9 Å². The lowest BCUT2D eigenvalue weighted by atomic mass is 10.0. The van der Waals surface area contributed by atoms with E-state index >= 15 is 0 Å². The topological polar surface area (TPSA) is 67.4 Å². The molecular weight excluding hydrogens is 384 g/mol. The molecule has 3 aliphatic rings. The number of carbonyl (C=O) groups is 2. The number of benzene rings is 2. The van der Waals surface area contributed by atoms with Crippen molar-refractivity contribution in [3.8, 4) is 11.1 Å². The molecule has 2 aromatic carbocycles. The summed E-state index contributed by atoms with van der Waals surface area (Å²) >= 11 is 1.91. The van der Waals surface area contributed by atoms with E-state index < -0.39 is 0 Å². The second-order valence-electron chi connectivity index (χ2n) is 7.91. The van der Waals surface area contributed by atoms with Crippen molar-refractivity contribution in [2.75, 3.05) is 5.75 Å². The first-order chi connectivity index (χ1) is 14.2. The van der Waals surface area contributed by atoms with Gasteiger partial charge in [-0.15, -0.1) is 0 Å². The van der Waals surface area contributed by atoms with Crippen molar-refractivity contribution in [1.29, 1.82) is 0 Å². The van der Waals surface area contributed by atoms with Gasteiger partial charge in [-0.25, -0.2) is 4.79 Å². The lowest BCUT2D eigenvalue weighted by Crippen LogP contribution is -2.36. The molecule has 3 atom stereocenters. The minimum absolute atomic E-state index is 0.0500. The average Bonchev–Trinajstić information content (AvgIpc) is 3.38. The summed E-state index contributed by atoms with van der Waals surface area (Å²) in [6.07, 6.45) is 2.90. The number of hydrogen-bond acceptors (Lipinski definition) is 4. The van der Waals surface area contributed by atoms with Gasteiger partial charge in [-0.1, -0.05) is 55.0 Å². The van der Waals surface area contributed by atoms with Gasteiger partial charge in [0.05, 0.1) is 12.1 Å². The van der Waals surface area contributed by atoms with E-state index in [1.807, 2.05) is 48.2 Å². The number of hydrogen-bond donors (Lipinski definition) is 2. The molecular formula is C23H24N2O3S. The predicted octanol–water partition coefficient (Wildman–Crippen LogP) is 4.03. The van der Waals surface area contributed by atoms with Gasteiger partial charge in [-0.3, -0.25) is 4.79 Å². The molecule has 150 valence electrons. The Morgan fingerprint density at radius 3 is 2.41 bits per heavy atom. The van der Waals surface area contributed by atoms with Gasteiger partial charge in [0, 0.05) is 28.6 Å². The molecule has 0 radical (unpaired) electrons. The zero-order valence-electron chi connectivity index (χ0n) is 16.1. The number of fused-ring (bicyclic) bond motifs is 4. The molecule has 0 aromatic heterocycles. The lowest BCUT2D eigenvalue weighted by Gasteiger charge is -2.17. The van der Waals surface area contributed by atoms with Crippen LogP contribution in [0.2, 0.25) is 0 Å². The van der Waals surface area contributed by atoms with Gasteiger partial charge in [0.1, 0.15) is 0 Å². The maximum absolute atomic E-state index is 12.5. The number of amides is 2. The molecule has 2 aromatic rings. The molecule has 2 N–H and O–H groups in total. The molecule has 5 rings (SSSR count). The number of carbonyl (C=O) groups excluding carboxylic acids is 2. The SMILES string of the molecule is O=C1N[C@H]2[C@@H](CS[C@@H]2CCCCC(=O)OC2c3ccccc3-c3ccccc32)N1. The van der Waals surface area contributed by atoms with Crippen LogP contribution in [0.25, 0.3) is 11.1 Å². The van der Waals surface area contributed by atoms with E-state index in [1.165, 1.54) is 0 Å². The summed E-state index contributed by atoms with van der Waals surface area (Å²) in [6, 6.07) is 16.7. The highest BCUT2D eigenvalue weighted by Crippen LogP contribution is 2.45. The zero-order chi connectivity index (χ0) is 19.8. The molecule has 0 saturated carbocycles. The largest absolute Gasteiger partial charge is 0.452 e. The van der Waals surface area contributed by atoms with Crippen molar-refractivity contribution in [1.82, 2.24) is 10.6 Å². The molecule has 2 fully saturated rings. The summed E-state index contributed by atoms with van der Waals surface area (Å²) < 4.78 is 5.91. The summed E-state index contributed by atoms with van der Waals surface area (Å²) in [6.45, 7) is 0. The quantitative estimate of drug-likeness (QED) is 0.430. The van der Waals surface area contributed by atoms with E-state index in [-0.39, 0.29) is 30.2 Å². The number of nitrogens with one attached hydrogen (secondary N) is 2. The van der Waals surface area contributed by atoms with Gasteiger partial charge in [0.2, 0.25) is 0 Å². The highest BCUT2D eigenvalue weighted by atomic mass is 32.2. The molecule has 2 heterocycles. The van der Waals surface area contributed by atoms with E-state index in [0.29, 0.717) is 11.7 Å². The van der Waals surface area contributed by atoms with Crippen LogP contribution in [-0.2, 0) is 9.53 Å². The molecule has 1 aliphatic carbocycles. The van der Waals surface area contributed by atoms with Crippen LogP contribution in [0.4, 0.5) is 4.79 Å². The van der Waals surface area contributed by atoms with Crippen molar-refractivity contribution in [2.24, 2.45) is 0 Å². The minimum Gasteiger partial charge on any atom is -0.452 e. The van der Waals surface area contributed by atoms with Crippen molar-refractivity contribution in [3.63, 3.8) is 0 Å². The highest BCUT2D eigenvalue weighted by molar-refractivity contribution is 8.00. The van der Waals surface area contributed by atoms with Gasteiger partial charge in [-0.2, -0.15) is 11.8 Å². The van der Waals surface area contributed by atoms with E-state index in [0.717, 1.165) is 47.3 Å². The average molecular weight is 409 g/mol. The fourth-order valence-corrected chi connectivity index (χ4v) is 6.23. The second kappa shape index (κ2) is 7.75. The monoisotopic (exact) mass is 408 g/mol. The molecule has 2 aliphatic heterocycles. The van der Waals surface area contributed by atoms with Crippen LogP contribution in [0, 0.1) is 0 Å². The standard InChI is InChI=1S/C23H24N2O3S/c26-20(12-6-5-11-19-21-18(13-29-19)24-23(27)25-21)28-22-16-9-3-1-7-14(16)15-8-2-4-10-17(15)22/h1-4,7-10,18-19,21-22H,5-6,11-13H2,(H2,24,25,27)/t18-,19-,21+/m1/s1. The summed E-state index contributed by atoms with van der Waals surface area (Å²) in [5.74, 6) is 0.825. The first-order valence-corrected chi connectivity index (χ1v) is 11.3. The summed E-state index contributed by atoms with van der Waals surface area (Å²) in [5, 5.41) is 6.42. The Morgan fingerprint density at radius 2 is 1.69 bits per heavy atom. The number of esters is 1. The number of rotatable bonds is 6. The van der Waals surface area contributed by atoms with Crippen LogP contribution in [0.5, 0.6) is 0 Å². The van der Waals surface area contributed by atoms with Crippen LogP contribution in [0.3, 0.4) is 0 Å². The first-order valence-electron chi connectivity index (χ1n) is 10.3. The second-order valence-corrected chi connectivity index (χ2v) is 9.18. The Labute approximate surface area is 174 Å². The molecule has 2 amide bonds. The highest BCUT2D eigenvalue weighted by Gasteiger charge is 2.42. The fraction of sp³-hybridized carbons (Fsp3) is 0.391. The molecule has 0 unspecified atom stereocenters. The first kappa shape index (κ1) is 18.6. The van der Waals surface area contributed by atoms with Gasteiger partial charge < -0.3 is 15.4 Å². The molecule has 5 nitrogen and oxygen atoms in total. The van der Waals surface area contributed by atoms with Crippen LogP contribution in [-0.4, -0.2) is 35.1 Å². The smallest absolute Gasteiger partial charge is 0.315 e. The molecule has 2 saturated heterocycles. The lowest BCUT2D eigenvalue weighted by molar-refractivity contribution is -0.147. The molecule has 0 spiro atoms. The number of unbranched alkanes of at least 4 members (excludes halogenated alkanes) is 1. The van der Waals surface area contributed by atoms with E-state index in [4.69, 9.17) is 4.74 Å². The van der Waals surface area contributed by atoms with E-state index in [9.17, 15) is 9.59 Å². The van der Waals surface area contributed by atoms with Crippen LogP contribution in [0.15, 0.2) is 48.5 Å². The number of ether oxygens (including phenoxy) is 1. The van der Waals surface area contributed by atoms with Crippen molar-refractivity contribution >= 4 is 23.8 Å². The Bertz CT molecular complexity index is 902.